The van der Waals surface area contributed by atoms with Crippen LogP contribution in [0.25, 0.3) is 0 Å². The van der Waals surface area contributed by atoms with E-state index in [0.717, 1.165) is 5.56 Å². The molecule has 0 aliphatic heterocycles. The first-order valence-electron chi connectivity index (χ1n) is 7.69. The zero-order chi connectivity index (χ0) is 17.7. The Morgan fingerprint density at radius 2 is 1.79 bits per heavy atom. The van der Waals surface area contributed by atoms with Crippen molar-refractivity contribution in [3.05, 3.63) is 58.4 Å². The van der Waals surface area contributed by atoms with Gasteiger partial charge in [-0.1, -0.05) is 37.6 Å². The minimum absolute atomic E-state index is 0.170. The number of halogens is 1. The molecule has 0 aliphatic rings. The summed E-state index contributed by atoms with van der Waals surface area (Å²) >= 11 is 6.05. The van der Waals surface area contributed by atoms with Gasteiger partial charge in [0.05, 0.1) is 0 Å². The fourth-order valence-corrected chi connectivity index (χ4v) is 2.12. The van der Waals surface area contributed by atoms with Gasteiger partial charge in [0.15, 0.2) is 0 Å². The highest BCUT2D eigenvalue weighted by molar-refractivity contribution is 6.31. The van der Waals surface area contributed by atoms with E-state index in [9.17, 15) is 9.59 Å². The van der Waals surface area contributed by atoms with Gasteiger partial charge in [0, 0.05) is 17.3 Å². The number of pyridine rings is 1. The Bertz CT molecular complexity index is 760. The van der Waals surface area contributed by atoms with Crippen molar-refractivity contribution < 1.29 is 9.59 Å². The van der Waals surface area contributed by atoms with Crippen LogP contribution in [0.3, 0.4) is 0 Å². The van der Waals surface area contributed by atoms with Gasteiger partial charge in [-0.25, -0.2) is 4.98 Å². The van der Waals surface area contributed by atoms with E-state index in [2.05, 4.69) is 15.6 Å². The van der Waals surface area contributed by atoms with E-state index in [-0.39, 0.29) is 17.3 Å². The molecule has 1 aromatic heterocycles. The van der Waals surface area contributed by atoms with Crippen molar-refractivity contribution in [2.45, 2.75) is 20.8 Å². The summed E-state index contributed by atoms with van der Waals surface area (Å²) in [6, 6.07) is 10.0. The Hall–Kier alpha value is -2.40. The summed E-state index contributed by atoms with van der Waals surface area (Å²) in [6.45, 7) is 6.45. The van der Waals surface area contributed by atoms with Crippen molar-refractivity contribution in [2.24, 2.45) is 5.92 Å². The zero-order valence-corrected chi connectivity index (χ0v) is 14.6. The number of hydrogen-bond acceptors (Lipinski definition) is 3. The summed E-state index contributed by atoms with van der Waals surface area (Å²) in [4.78, 5) is 28.5. The van der Waals surface area contributed by atoms with Crippen LogP contribution >= 0.6 is 11.6 Å². The number of nitrogens with one attached hydrogen (secondary N) is 2. The molecule has 1 heterocycles. The molecule has 0 unspecified atom stereocenters. The Balaban J connectivity index is 2.11. The summed E-state index contributed by atoms with van der Waals surface area (Å²) in [5.41, 5.74) is 1.89. The number of carbonyl (C=O) groups is 2. The molecule has 0 bridgehead atoms. The quantitative estimate of drug-likeness (QED) is 0.868. The van der Waals surface area contributed by atoms with Crippen LogP contribution in [0.5, 0.6) is 0 Å². The lowest BCUT2D eigenvalue weighted by atomic mass is 10.2. The molecule has 0 radical (unpaired) electrons. The van der Waals surface area contributed by atoms with Gasteiger partial charge < -0.3 is 10.6 Å². The van der Waals surface area contributed by atoms with E-state index < -0.39 is 5.91 Å². The largest absolute Gasteiger partial charge is 0.350 e. The number of anilines is 1. The number of rotatable bonds is 5. The minimum Gasteiger partial charge on any atom is -0.350 e. The van der Waals surface area contributed by atoms with Crippen molar-refractivity contribution in [3.8, 4) is 0 Å². The SMILES string of the molecule is Cc1ccc(NC(=O)c2cccc(C(=O)NCC(C)C)n2)cc1Cl. The molecular formula is C18H20ClN3O2. The topological polar surface area (TPSA) is 71.1 Å². The number of amides is 2. The monoisotopic (exact) mass is 345 g/mol. The number of carbonyl (C=O) groups excluding carboxylic acids is 2. The third-order valence-electron chi connectivity index (χ3n) is 3.31. The lowest BCUT2D eigenvalue weighted by molar-refractivity contribution is 0.0944. The number of aryl methyl sites for hydroxylation is 1. The van der Waals surface area contributed by atoms with Crippen LogP contribution in [0.4, 0.5) is 5.69 Å². The fraction of sp³-hybridized carbons (Fsp3) is 0.278. The van der Waals surface area contributed by atoms with Gasteiger partial charge in [-0.15, -0.1) is 0 Å². The summed E-state index contributed by atoms with van der Waals surface area (Å²) in [6.07, 6.45) is 0. The van der Waals surface area contributed by atoms with Crippen molar-refractivity contribution >= 4 is 29.1 Å². The molecular weight excluding hydrogens is 326 g/mol. The molecule has 6 heteroatoms. The second-order valence-electron chi connectivity index (χ2n) is 5.93. The highest BCUT2D eigenvalue weighted by atomic mass is 35.5. The maximum absolute atomic E-state index is 12.3. The molecule has 2 rings (SSSR count). The molecule has 0 saturated heterocycles. The number of aromatic nitrogens is 1. The van der Waals surface area contributed by atoms with E-state index in [1.807, 2.05) is 26.8 Å². The molecule has 24 heavy (non-hydrogen) atoms. The third-order valence-corrected chi connectivity index (χ3v) is 3.72. The summed E-state index contributed by atoms with van der Waals surface area (Å²) < 4.78 is 0. The van der Waals surface area contributed by atoms with Gasteiger partial charge in [-0.2, -0.15) is 0 Å². The predicted octanol–water partition coefficient (Wildman–Crippen LogP) is 3.68. The van der Waals surface area contributed by atoms with Gasteiger partial charge in [-0.05, 0) is 42.7 Å². The molecule has 2 amide bonds. The Morgan fingerprint density at radius 3 is 2.42 bits per heavy atom. The lowest BCUT2D eigenvalue weighted by Crippen LogP contribution is -2.28. The van der Waals surface area contributed by atoms with E-state index in [4.69, 9.17) is 11.6 Å². The highest BCUT2D eigenvalue weighted by Crippen LogP contribution is 2.20. The molecule has 1 aromatic carbocycles. The van der Waals surface area contributed by atoms with Crippen molar-refractivity contribution in [2.75, 3.05) is 11.9 Å². The molecule has 0 fully saturated rings. The molecule has 2 aromatic rings. The molecule has 2 N–H and O–H groups in total. The van der Waals surface area contributed by atoms with Crippen molar-refractivity contribution in [1.82, 2.24) is 10.3 Å². The van der Waals surface area contributed by atoms with Gasteiger partial charge in [-0.3, -0.25) is 9.59 Å². The summed E-state index contributed by atoms with van der Waals surface area (Å²) in [5, 5.41) is 6.07. The minimum atomic E-state index is -0.395. The first kappa shape index (κ1) is 17.9. The van der Waals surface area contributed by atoms with Crippen molar-refractivity contribution in [1.29, 1.82) is 0 Å². The standard InChI is InChI=1S/C18H20ClN3O2/c1-11(2)10-20-17(23)15-5-4-6-16(22-15)18(24)21-13-8-7-12(3)14(19)9-13/h4-9,11H,10H2,1-3H3,(H,20,23)(H,21,24). The van der Waals surface area contributed by atoms with Crippen molar-refractivity contribution in [3.63, 3.8) is 0 Å². The predicted molar refractivity (Wildman–Crippen MR) is 95.6 cm³/mol. The van der Waals surface area contributed by atoms with Gasteiger partial charge in [0.25, 0.3) is 11.8 Å². The van der Waals surface area contributed by atoms with Crippen LogP contribution in [0.15, 0.2) is 36.4 Å². The average molecular weight is 346 g/mol. The third kappa shape index (κ3) is 4.80. The number of hydrogen-bond donors (Lipinski definition) is 2. The van der Waals surface area contributed by atoms with E-state index in [0.29, 0.717) is 23.2 Å². The van der Waals surface area contributed by atoms with Crippen LogP contribution < -0.4 is 10.6 Å². The first-order chi connectivity index (χ1) is 11.4. The molecule has 126 valence electrons. The maximum atomic E-state index is 12.3. The Labute approximate surface area is 146 Å². The number of benzene rings is 1. The normalized spacial score (nSPS) is 10.5. The summed E-state index contributed by atoms with van der Waals surface area (Å²) in [7, 11) is 0. The molecule has 0 aliphatic carbocycles. The maximum Gasteiger partial charge on any atom is 0.274 e. The van der Waals surface area contributed by atoms with E-state index in [1.54, 1.807) is 30.3 Å². The highest BCUT2D eigenvalue weighted by Gasteiger charge is 2.13. The fourth-order valence-electron chi connectivity index (χ4n) is 1.94. The molecule has 0 saturated carbocycles. The van der Waals surface area contributed by atoms with Crippen LogP contribution in [0, 0.1) is 12.8 Å². The Kier molecular flexibility index (Phi) is 5.93. The van der Waals surface area contributed by atoms with Gasteiger partial charge in [0.1, 0.15) is 11.4 Å². The van der Waals surface area contributed by atoms with Gasteiger partial charge >= 0.3 is 0 Å². The molecule has 0 atom stereocenters. The lowest BCUT2D eigenvalue weighted by Gasteiger charge is -2.09. The Morgan fingerprint density at radius 1 is 1.12 bits per heavy atom. The van der Waals surface area contributed by atoms with Gasteiger partial charge in [0.2, 0.25) is 0 Å². The smallest absolute Gasteiger partial charge is 0.274 e. The molecule has 0 spiro atoms. The first-order valence-corrected chi connectivity index (χ1v) is 8.07. The van der Waals surface area contributed by atoms with E-state index in [1.165, 1.54) is 0 Å². The average Bonchev–Trinajstić information content (AvgIpc) is 2.56. The van der Waals surface area contributed by atoms with Crippen LogP contribution in [0.2, 0.25) is 5.02 Å². The second kappa shape index (κ2) is 7.93. The number of nitrogens with zero attached hydrogens (tertiary/aromatic N) is 1. The molecule has 5 nitrogen and oxygen atoms in total. The summed E-state index contributed by atoms with van der Waals surface area (Å²) in [5.74, 6) is -0.350. The second-order valence-corrected chi connectivity index (χ2v) is 6.34. The van der Waals surface area contributed by atoms with Crippen LogP contribution in [-0.4, -0.2) is 23.3 Å². The van der Waals surface area contributed by atoms with Crippen LogP contribution in [0.1, 0.15) is 40.4 Å². The van der Waals surface area contributed by atoms with E-state index >= 15 is 0 Å². The van der Waals surface area contributed by atoms with Crippen LogP contribution in [-0.2, 0) is 0 Å². The zero-order valence-electron chi connectivity index (χ0n) is 13.9.